The summed E-state index contributed by atoms with van der Waals surface area (Å²) in [4.78, 5) is 12.3. The lowest BCUT2D eigenvalue weighted by Gasteiger charge is -2.19. The molecule has 1 aliphatic rings. The van der Waals surface area contributed by atoms with Crippen LogP contribution < -0.4 is 0 Å². The highest BCUT2D eigenvalue weighted by molar-refractivity contribution is 5.90. The van der Waals surface area contributed by atoms with Gasteiger partial charge in [-0.1, -0.05) is 37.5 Å². The largest absolute Gasteiger partial charge is 0.443 e. The van der Waals surface area contributed by atoms with Gasteiger partial charge in [0.1, 0.15) is 5.60 Å². The number of aromatic nitrogens is 1. The Kier molecular flexibility index (Phi) is 4.79. The maximum absolute atomic E-state index is 12.3. The van der Waals surface area contributed by atoms with Gasteiger partial charge in [-0.25, -0.2) is 4.79 Å². The molecule has 0 radical (unpaired) electrons. The summed E-state index contributed by atoms with van der Waals surface area (Å²) in [5, 5.41) is 1.06. The molecule has 1 aliphatic carbocycles. The van der Waals surface area contributed by atoms with E-state index in [4.69, 9.17) is 4.74 Å². The van der Waals surface area contributed by atoms with Gasteiger partial charge in [0.05, 0.1) is 5.52 Å². The second kappa shape index (κ2) is 6.84. The summed E-state index contributed by atoms with van der Waals surface area (Å²) < 4.78 is 7.04. The topological polar surface area (TPSA) is 31.2 Å². The molecule has 0 saturated heterocycles. The molecule has 0 atom stereocenters. The molecule has 3 rings (SSSR count). The van der Waals surface area contributed by atoms with Gasteiger partial charge < -0.3 is 4.74 Å². The van der Waals surface area contributed by atoms with Crippen molar-refractivity contribution >= 4 is 23.1 Å². The molecule has 0 amide bonds. The average Bonchev–Trinajstić information content (AvgIpc) is 2.95. The highest BCUT2D eigenvalue weighted by Crippen LogP contribution is 2.26. The van der Waals surface area contributed by atoms with Gasteiger partial charge in [-0.3, -0.25) is 4.57 Å². The number of hydrogen-bond acceptors (Lipinski definition) is 2. The Labute approximate surface area is 144 Å². The third-order valence-electron chi connectivity index (χ3n) is 4.52. The number of carbonyl (C=O) groups excluding carboxylic acids is 1. The van der Waals surface area contributed by atoms with Crippen molar-refractivity contribution in [2.24, 2.45) is 5.92 Å². The molecule has 1 aromatic heterocycles. The van der Waals surface area contributed by atoms with Gasteiger partial charge in [-0.2, -0.15) is 0 Å². The molecule has 0 aliphatic heterocycles. The number of carbonyl (C=O) groups is 1. The SMILES string of the molecule is CC(C)(C)OC(=O)n1ccc2cc(C=CC3CCCCC3)ccc21. The molecule has 0 spiro atoms. The fourth-order valence-corrected chi connectivity index (χ4v) is 3.31. The minimum absolute atomic E-state index is 0.331. The maximum atomic E-state index is 12.3. The number of allylic oxidation sites excluding steroid dienone is 1. The van der Waals surface area contributed by atoms with E-state index in [2.05, 4.69) is 24.3 Å². The van der Waals surface area contributed by atoms with Crippen molar-refractivity contribution in [1.82, 2.24) is 4.57 Å². The highest BCUT2D eigenvalue weighted by atomic mass is 16.6. The third kappa shape index (κ3) is 4.08. The average molecular weight is 325 g/mol. The monoisotopic (exact) mass is 325 g/mol. The summed E-state index contributed by atoms with van der Waals surface area (Å²) in [5.74, 6) is 0.723. The van der Waals surface area contributed by atoms with Crippen LogP contribution in [0.3, 0.4) is 0 Å². The van der Waals surface area contributed by atoms with Crippen LogP contribution in [0.15, 0.2) is 36.5 Å². The first-order chi connectivity index (χ1) is 11.4. The highest BCUT2D eigenvalue weighted by Gasteiger charge is 2.18. The van der Waals surface area contributed by atoms with Gasteiger partial charge in [0.25, 0.3) is 0 Å². The van der Waals surface area contributed by atoms with E-state index in [1.54, 1.807) is 10.8 Å². The molecule has 1 saturated carbocycles. The van der Waals surface area contributed by atoms with E-state index < -0.39 is 5.60 Å². The van der Waals surface area contributed by atoms with Crippen molar-refractivity contribution in [1.29, 1.82) is 0 Å². The number of ether oxygens (including phenoxy) is 1. The molecule has 0 unspecified atom stereocenters. The molecule has 3 nitrogen and oxygen atoms in total. The molecule has 0 N–H and O–H groups in total. The number of nitrogens with zero attached hydrogens (tertiary/aromatic N) is 1. The van der Waals surface area contributed by atoms with Crippen molar-refractivity contribution in [2.75, 3.05) is 0 Å². The summed E-state index contributed by atoms with van der Waals surface area (Å²) in [6.07, 6.45) is 12.7. The Hall–Kier alpha value is -2.03. The van der Waals surface area contributed by atoms with E-state index in [0.29, 0.717) is 0 Å². The zero-order valence-electron chi connectivity index (χ0n) is 14.9. The lowest BCUT2D eigenvalue weighted by molar-refractivity contribution is 0.0544. The Morgan fingerprint density at radius 3 is 2.62 bits per heavy atom. The molecule has 2 aromatic rings. The first-order valence-corrected chi connectivity index (χ1v) is 8.95. The van der Waals surface area contributed by atoms with Crippen molar-refractivity contribution < 1.29 is 9.53 Å². The zero-order chi connectivity index (χ0) is 17.2. The first-order valence-electron chi connectivity index (χ1n) is 8.95. The van der Waals surface area contributed by atoms with E-state index in [0.717, 1.165) is 16.8 Å². The van der Waals surface area contributed by atoms with E-state index in [1.165, 1.54) is 37.7 Å². The van der Waals surface area contributed by atoms with Gasteiger partial charge in [-0.05, 0) is 63.3 Å². The summed E-state index contributed by atoms with van der Waals surface area (Å²) in [6, 6.07) is 8.18. The number of benzene rings is 1. The van der Waals surface area contributed by atoms with E-state index in [1.807, 2.05) is 32.9 Å². The van der Waals surface area contributed by atoms with Crippen LogP contribution in [0.1, 0.15) is 58.4 Å². The molecular weight excluding hydrogens is 298 g/mol. The zero-order valence-corrected chi connectivity index (χ0v) is 14.9. The van der Waals surface area contributed by atoms with Crippen LogP contribution in [0, 0.1) is 5.92 Å². The fourth-order valence-electron chi connectivity index (χ4n) is 3.31. The van der Waals surface area contributed by atoms with Crippen LogP contribution in [0.25, 0.3) is 17.0 Å². The van der Waals surface area contributed by atoms with Crippen LogP contribution in [-0.4, -0.2) is 16.3 Å². The normalized spacial score (nSPS) is 16.8. The lowest BCUT2D eigenvalue weighted by atomic mass is 9.89. The second-order valence-corrected chi connectivity index (χ2v) is 7.74. The van der Waals surface area contributed by atoms with Gasteiger partial charge >= 0.3 is 6.09 Å². The van der Waals surface area contributed by atoms with Crippen LogP contribution in [0.2, 0.25) is 0 Å². The first kappa shape index (κ1) is 16.8. The number of hydrogen-bond donors (Lipinski definition) is 0. The Bertz CT molecular complexity index is 743. The third-order valence-corrected chi connectivity index (χ3v) is 4.52. The fraction of sp³-hybridized carbons (Fsp3) is 0.476. The molecular formula is C21H27NO2. The van der Waals surface area contributed by atoms with Gasteiger partial charge in [-0.15, -0.1) is 0 Å². The van der Waals surface area contributed by atoms with E-state index in [-0.39, 0.29) is 6.09 Å². The molecule has 1 fully saturated rings. The van der Waals surface area contributed by atoms with Crippen LogP contribution in [0.4, 0.5) is 4.79 Å². The molecule has 128 valence electrons. The molecule has 24 heavy (non-hydrogen) atoms. The molecule has 1 aromatic carbocycles. The maximum Gasteiger partial charge on any atom is 0.418 e. The van der Waals surface area contributed by atoms with Crippen LogP contribution in [-0.2, 0) is 4.74 Å². The van der Waals surface area contributed by atoms with Gasteiger partial charge in [0.2, 0.25) is 0 Å². The minimum Gasteiger partial charge on any atom is -0.443 e. The summed E-state index contributed by atoms with van der Waals surface area (Å²) in [5.41, 5.74) is 1.59. The minimum atomic E-state index is -0.490. The summed E-state index contributed by atoms with van der Waals surface area (Å²) in [7, 11) is 0. The molecule has 1 heterocycles. The van der Waals surface area contributed by atoms with Crippen LogP contribution in [0.5, 0.6) is 0 Å². The van der Waals surface area contributed by atoms with Crippen molar-refractivity contribution in [3.63, 3.8) is 0 Å². The van der Waals surface area contributed by atoms with E-state index in [9.17, 15) is 4.79 Å². The Morgan fingerprint density at radius 1 is 1.17 bits per heavy atom. The van der Waals surface area contributed by atoms with Crippen molar-refractivity contribution in [2.45, 2.75) is 58.5 Å². The quantitative estimate of drug-likeness (QED) is 0.676. The van der Waals surface area contributed by atoms with Crippen molar-refractivity contribution in [3.8, 4) is 0 Å². The molecule has 3 heteroatoms. The van der Waals surface area contributed by atoms with E-state index >= 15 is 0 Å². The van der Waals surface area contributed by atoms with Crippen molar-refractivity contribution in [3.05, 3.63) is 42.1 Å². The number of rotatable bonds is 2. The predicted molar refractivity (Wildman–Crippen MR) is 99.2 cm³/mol. The van der Waals surface area contributed by atoms with Crippen LogP contribution >= 0.6 is 0 Å². The summed E-state index contributed by atoms with van der Waals surface area (Å²) >= 11 is 0. The predicted octanol–water partition coefficient (Wildman–Crippen LogP) is 6.02. The Balaban J connectivity index is 1.78. The Morgan fingerprint density at radius 2 is 1.92 bits per heavy atom. The lowest BCUT2D eigenvalue weighted by Crippen LogP contribution is -2.26. The standard InChI is InChI=1S/C21H27NO2/c1-21(2,3)24-20(23)22-14-13-18-15-17(11-12-19(18)22)10-9-16-7-5-4-6-8-16/h9-16H,4-8H2,1-3H3. The number of fused-ring (bicyclic) bond motifs is 1. The van der Waals surface area contributed by atoms with Gasteiger partial charge in [0, 0.05) is 11.6 Å². The summed E-state index contributed by atoms with van der Waals surface area (Å²) in [6.45, 7) is 5.64. The molecule has 0 bridgehead atoms. The second-order valence-electron chi connectivity index (χ2n) is 7.74. The smallest absolute Gasteiger partial charge is 0.418 e. The van der Waals surface area contributed by atoms with Gasteiger partial charge in [0.15, 0.2) is 0 Å².